The minimum atomic E-state index is 0.680. The number of nitrogens with zero attached hydrogens (tertiary/aromatic N) is 1. The predicted molar refractivity (Wildman–Crippen MR) is 58.7 cm³/mol. The Morgan fingerprint density at radius 2 is 2.15 bits per heavy atom. The Balaban J connectivity index is 3.43. The van der Waals surface area contributed by atoms with Crippen LogP contribution in [0.5, 0.6) is 0 Å². The molecule has 0 bridgehead atoms. The van der Waals surface area contributed by atoms with Crippen molar-refractivity contribution < 1.29 is 0 Å². The van der Waals surface area contributed by atoms with Crippen LogP contribution in [0.1, 0.15) is 20.8 Å². The van der Waals surface area contributed by atoms with Gasteiger partial charge in [0.2, 0.25) is 0 Å². The molecule has 0 saturated carbocycles. The summed E-state index contributed by atoms with van der Waals surface area (Å²) in [4.78, 5) is 2.44. The SMILES string of the molecule is C#CCNCCN(CC)CC(C)C. The minimum absolute atomic E-state index is 0.680. The summed E-state index contributed by atoms with van der Waals surface area (Å²) in [5.74, 6) is 3.31. The molecule has 0 spiro atoms. The van der Waals surface area contributed by atoms with Crippen molar-refractivity contribution in [2.24, 2.45) is 5.92 Å². The molecular weight excluding hydrogens is 160 g/mol. The number of nitrogens with one attached hydrogen (secondary N) is 1. The lowest BCUT2D eigenvalue weighted by Gasteiger charge is -2.22. The Morgan fingerprint density at radius 3 is 2.62 bits per heavy atom. The minimum Gasteiger partial charge on any atom is -0.305 e. The van der Waals surface area contributed by atoms with Crippen molar-refractivity contribution in [3.63, 3.8) is 0 Å². The lowest BCUT2D eigenvalue weighted by molar-refractivity contribution is 0.257. The largest absolute Gasteiger partial charge is 0.305 e. The van der Waals surface area contributed by atoms with E-state index in [1.807, 2.05) is 0 Å². The predicted octanol–water partition coefficient (Wildman–Crippen LogP) is 1.19. The van der Waals surface area contributed by atoms with Gasteiger partial charge in [-0.15, -0.1) is 6.42 Å². The van der Waals surface area contributed by atoms with Crippen LogP contribution < -0.4 is 5.32 Å². The van der Waals surface area contributed by atoms with Gasteiger partial charge in [0.15, 0.2) is 0 Å². The second-order valence-corrected chi connectivity index (χ2v) is 3.67. The van der Waals surface area contributed by atoms with Crippen molar-refractivity contribution in [2.75, 3.05) is 32.7 Å². The van der Waals surface area contributed by atoms with E-state index in [1.165, 1.54) is 6.54 Å². The van der Waals surface area contributed by atoms with Crippen molar-refractivity contribution in [1.29, 1.82) is 0 Å². The molecule has 0 fully saturated rings. The fourth-order valence-corrected chi connectivity index (χ4v) is 1.29. The summed E-state index contributed by atoms with van der Waals surface area (Å²) in [6.07, 6.45) is 5.13. The van der Waals surface area contributed by atoms with Gasteiger partial charge in [0.05, 0.1) is 6.54 Å². The van der Waals surface area contributed by atoms with Crippen molar-refractivity contribution in [3.8, 4) is 12.3 Å². The zero-order chi connectivity index (χ0) is 10.1. The molecule has 0 amide bonds. The Labute approximate surface area is 82.7 Å². The average Bonchev–Trinajstić information content (AvgIpc) is 2.09. The van der Waals surface area contributed by atoms with E-state index in [4.69, 9.17) is 6.42 Å². The maximum absolute atomic E-state index is 5.13. The van der Waals surface area contributed by atoms with E-state index >= 15 is 0 Å². The van der Waals surface area contributed by atoms with Crippen LogP contribution in [0.3, 0.4) is 0 Å². The third-order valence-corrected chi connectivity index (χ3v) is 1.90. The maximum atomic E-state index is 5.13. The molecule has 0 atom stereocenters. The molecule has 0 aliphatic rings. The third-order valence-electron chi connectivity index (χ3n) is 1.90. The maximum Gasteiger partial charge on any atom is 0.0574 e. The Bertz CT molecular complexity index is 147. The first-order valence-corrected chi connectivity index (χ1v) is 5.07. The van der Waals surface area contributed by atoms with Gasteiger partial charge in [0, 0.05) is 19.6 Å². The first-order chi connectivity index (χ1) is 6.20. The summed E-state index contributed by atoms with van der Waals surface area (Å²) in [6.45, 7) is 11.8. The second-order valence-electron chi connectivity index (χ2n) is 3.67. The lowest BCUT2D eigenvalue weighted by Crippen LogP contribution is -2.34. The van der Waals surface area contributed by atoms with Crippen LogP contribution in [0.2, 0.25) is 0 Å². The van der Waals surface area contributed by atoms with Gasteiger partial charge in [0.1, 0.15) is 0 Å². The topological polar surface area (TPSA) is 15.3 Å². The van der Waals surface area contributed by atoms with E-state index in [0.29, 0.717) is 6.54 Å². The molecule has 2 nitrogen and oxygen atoms in total. The van der Waals surface area contributed by atoms with E-state index in [1.54, 1.807) is 0 Å². The molecule has 0 aromatic heterocycles. The highest BCUT2D eigenvalue weighted by Crippen LogP contribution is 1.96. The Kier molecular flexibility index (Phi) is 7.77. The van der Waals surface area contributed by atoms with Gasteiger partial charge in [0.25, 0.3) is 0 Å². The number of likely N-dealkylation sites (N-methyl/N-ethyl adjacent to an activating group) is 1. The first kappa shape index (κ1) is 12.5. The molecule has 76 valence electrons. The molecule has 0 aromatic rings. The standard InChI is InChI=1S/C11H22N2/c1-5-7-12-8-9-13(6-2)10-11(3)4/h1,11-12H,6-10H2,2-4H3. The lowest BCUT2D eigenvalue weighted by atomic mass is 10.2. The van der Waals surface area contributed by atoms with Crippen LogP contribution >= 0.6 is 0 Å². The number of hydrogen-bond donors (Lipinski definition) is 1. The van der Waals surface area contributed by atoms with Gasteiger partial charge in [-0.25, -0.2) is 0 Å². The van der Waals surface area contributed by atoms with Crippen LogP contribution in [0.4, 0.5) is 0 Å². The van der Waals surface area contributed by atoms with Gasteiger partial charge in [-0.1, -0.05) is 26.7 Å². The number of rotatable bonds is 7. The molecule has 2 heteroatoms. The van der Waals surface area contributed by atoms with Gasteiger partial charge in [-0.3, -0.25) is 0 Å². The molecule has 0 aliphatic heterocycles. The van der Waals surface area contributed by atoms with Crippen molar-refractivity contribution in [1.82, 2.24) is 10.2 Å². The zero-order valence-electron chi connectivity index (χ0n) is 9.14. The quantitative estimate of drug-likeness (QED) is 0.470. The molecule has 1 N–H and O–H groups in total. The van der Waals surface area contributed by atoms with Crippen LogP contribution in [0.25, 0.3) is 0 Å². The van der Waals surface area contributed by atoms with Crippen molar-refractivity contribution >= 4 is 0 Å². The molecular formula is C11H22N2. The molecule has 0 aliphatic carbocycles. The van der Waals surface area contributed by atoms with Crippen LogP contribution in [-0.4, -0.2) is 37.6 Å². The van der Waals surface area contributed by atoms with E-state index in [2.05, 4.69) is 36.9 Å². The van der Waals surface area contributed by atoms with Gasteiger partial charge in [-0.2, -0.15) is 0 Å². The normalized spacial score (nSPS) is 10.8. The summed E-state index contributed by atoms with van der Waals surface area (Å²) >= 11 is 0. The van der Waals surface area contributed by atoms with Gasteiger partial charge < -0.3 is 10.2 Å². The molecule has 0 rings (SSSR count). The summed E-state index contributed by atoms with van der Waals surface area (Å²) < 4.78 is 0. The van der Waals surface area contributed by atoms with Crippen molar-refractivity contribution in [2.45, 2.75) is 20.8 Å². The van der Waals surface area contributed by atoms with E-state index in [0.717, 1.165) is 25.6 Å². The number of terminal acetylenes is 1. The summed E-state index contributed by atoms with van der Waals surface area (Å²) in [6, 6.07) is 0. The molecule has 0 saturated heterocycles. The van der Waals surface area contributed by atoms with Gasteiger partial charge >= 0.3 is 0 Å². The van der Waals surface area contributed by atoms with E-state index in [-0.39, 0.29) is 0 Å². The highest BCUT2D eigenvalue weighted by molar-refractivity contribution is 4.86. The fraction of sp³-hybridized carbons (Fsp3) is 0.818. The molecule has 0 heterocycles. The smallest absolute Gasteiger partial charge is 0.0574 e. The summed E-state index contributed by atoms with van der Waals surface area (Å²) in [5.41, 5.74) is 0. The van der Waals surface area contributed by atoms with E-state index < -0.39 is 0 Å². The third kappa shape index (κ3) is 7.83. The number of hydrogen-bond acceptors (Lipinski definition) is 2. The zero-order valence-corrected chi connectivity index (χ0v) is 9.14. The molecule has 0 unspecified atom stereocenters. The Morgan fingerprint density at radius 1 is 1.46 bits per heavy atom. The van der Waals surface area contributed by atoms with E-state index in [9.17, 15) is 0 Å². The van der Waals surface area contributed by atoms with Crippen LogP contribution in [0, 0.1) is 18.3 Å². The summed E-state index contributed by atoms with van der Waals surface area (Å²) in [7, 11) is 0. The van der Waals surface area contributed by atoms with Crippen LogP contribution in [-0.2, 0) is 0 Å². The van der Waals surface area contributed by atoms with Gasteiger partial charge in [-0.05, 0) is 12.5 Å². The molecule has 0 aromatic carbocycles. The van der Waals surface area contributed by atoms with Crippen LogP contribution in [0.15, 0.2) is 0 Å². The Hall–Kier alpha value is -0.520. The fourth-order valence-electron chi connectivity index (χ4n) is 1.29. The average molecular weight is 182 g/mol. The monoisotopic (exact) mass is 182 g/mol. The molecule has 13 heavy (non-hydrogen) atoms. The highest BCUT2D eigenvalue weighted by atomic mass is 15.1. The first-order valence-electron chi connectivity index (χ1n) is 5.07. The summed E-state index contributed by atoms with van der Waals surface area (Å²) in [5, 5.41) is 3.20. The second kappa shape index (κ2) is 8.10. The molecule has 0 radical (unpaired) electrons. The highest BCUT2D eigenvalue weighted by Gasteiger charge is 2.03. The van der Waals surface area contributed by atoms with Crippen molar-refractivity contribution in [3.05, 3.63) is 0 Å².